The third-order valence-electron chi connectivity index (χ3n) is 9.03. The lowest BCUT2D eigenvalue weighted by atomic mass is 9.75. The predicted octanol–water partition coefficient (Wildman–Crippen LogP) is 3.53. The lowest BCUT2D eigenvalue weighted by Crippen LogP contribution is -2.51. The molecule has 3 aliphatic carbocycles. The molecule has 0 unspecified atom stereocenters. The summed E-state index contributed by atoms with van der Waals surface area (Å²) in [6.45, 7) is 5.71. The molecule has 4 N–H and O–H groups in total. The summed E-state index contributed by atoms with van der Waals surface area (Å²) in [4.78, 5) is 38.2. The number of halogens is 1. The minimum absolute atomic E-state index is 0.0569. The molecule has 0 radical (unpaired) electrons. The smallest absolute Gasteiger partial charge is 0.309 e. The van der Waals surface area contributed by atoms with Crippen molar-refractivity contribution < 1.29 is 38.5 Å². The highest BCUT2D eigenvalue weighted by atomic mass is 19.1. The standard InChI is InChI=1S/C29H41FN2O7/c1-28(2,15-33)14-31-26(35)23-16-5-6-17(11-16)24(23)32-25(34)19-12-22(20(30)13-21(19)38-4)39-18-7-9-29(3,10-8-18)27(36)37/h12-13,16-18,23-24,33H,5-11,14-15H2,1-4H3,(H,31,35)(H,32,34)(H,36,37)/t16-,17+,18-,23+,24-,29+/m1/s1. The van der Waals surface area contributed by atoms with Gasteiger partial charge in [0.15, 0.2) is 11.6 Å². The number of carboxylic acid groups (broad SMARTS) is 1. The van der Waals surface area contributed by atoms with Crippen LogP contribution in [0.2, 0.25) is 0 Å². The second kappa shape index (κ2) is 11.3. The quantitative estimate of drug-likeness (QED) is 0.351. The van der Waals surface area contributed by atoms with Gasteiger partial charge >= 0.3 is 5.97 Å². The topological polar surface area (TPSA) is 134 Å². The number of amides is 2. The monoisotopic (exact) mass is 548 g/mol. The average molecular weight is 549 g/mol. The highest BCUT2D eigenvalue weighted by Crippen LogP contribution is 2.49. The largest absolute Gasteiger partial charge is 0.496 e. The first-order valence-electron chi connectivity index (χ1n) is 13.8. The fourth-order valence-corrected chi connectivity index (χ4v) is 6.32. The molecule has 0 heterocycles. The second-order valence-electron chi connectivity index (χ2n) is 12.6. The minimum atomic E-state index is -0.847. The summed E-state index contributed by atoms with van der Waals surface area (Å²) in [6, 6.07) is 2.09. The summed E-state index contributed by atoms with van der Waals surface area (Å²) in [6.07, 6.45) is 4.11. The van der Waals surface area contributed by atoms with Crippen LogP contribution in [-0.2, 0) is 9.59 Å². The molecule has 10 heteroatoms. The van der Waals surface area contributed by atoms with E-state index in [4.69, 9.17) is 9.47 Å². The highest BCUT2D eigenvalue weighted by Gasteiger charge is 2.51. The number of aliphatic hydroxyl groups is 1. The van der Waals surface area contributed by atoms with Gasteiger partial charge in [-0.2, -0.15) is 0 Å². The first-order valence-corrected chi connectivity index (χ1v) is 13.8. The van der Waals surface area contributed by atoms with E-state index in [0.29, 0.717) is 32.2 Å². The van der Waals surface area contributed by atoms with Crippen LogP contribution >= 0.6 is 0 Å². The lowest BCUT2D eigenvalue weighted by Gasteiger charge is -2.34. The van der Waals surface area contributed by atoms with Crippen LogP contribution in [0.15, 0.2) is 12.1 Å². The van der Waals surface area contributed by atoms with Gasteiger partial charge in [0.2, 0.25) is 5.91 Å². The van der Waals surface area contributed by atoms with Gasteiger partial charge in [-0.1, -0.05) is 13.8 Å². The van der Waals surface area contributed by atoms with Crippen LogP contribution in [-0.4, -0.2) is 60.4 Å². The fourth-order valence-electron chi connectivity index (χ4n) is 6.32. The van der Waals surface area contributed by atoms with Gasteiger partial charge in [0.05, 0.1) is 30.1 Å². The molecule has 3 saturated carbocycles. The molecule has 0 aliphatic heterocycles. The van der Waals surface area contributed by atoms with Crippen LogP contribution in [0.1, 0.15) is 76.1 Å². The molecule has 0 aromatic heterocycles. The van der Waals surface area contributed by atoms with E-state index < -0.39 is 28.5 Å². The molecule has 216 valence electrons. The Hall–Kier alpha value is -2.88. The van der Waals surface area contributed by atoms with Crippen LogP contribution in [0.5, 0.6) is 11.5 Å². The molecule has 39 heavy (non-hydrogen) atoms. The molecule has 2 amide bonds. The molecule has 4 rings (SSSR count). The van der Waals surface area contributed by atoms with Crippen molar-refractivity contribution in [3.8, 4) is 11.5 Å². The number of nitrogens with one attached hydrogen (secondary N) is 2. The number of aliphatic hydroxyl groups excluding tert-OH is 1. The number of rotatable bonds is 10. The van der Waals surface area contributed by atoms with E-state index in [0.717, 1.165) is 25.3 Å². The molecular weight excluding hydrogens is 507 g/mol. The van der Waals surface area contributed by atoms with Gasteiger partial charge in [-0.3, -0.25) is 14.4 Å². The fraction of sp³-hybridized carbons (Fsp3) is 0.690. The Morgan fingerprint density at radius 3 is 2.38 bits per heavy atom. The Balaban J connectivity index is 1.48. The van der Waals surface area contributed by atoms with E-state index in [9.17, 15) is 29.0 Å². The minimum Gasteiger partial charge on any atom is -0.496 e. The SMILES string of the molecule is COc1cc(F)c(O[C@H]2CC[C@@](C)(C(=O)O)CC2)cc1C(=O)N[C@@H]1[C@H]2CC[C@H](C2)[C@@H]1C(=O)NCC(C)(C)CO. The van der Waals surface area contributed by atoms with Crippen LogP contribution in [0.25, 0.3) is 0 Å². The van der Waals surface area contributed by atoms with Crippen LogP contribution < -0.4 is 20.1 Å². The summed E-state index contributed by atoms with van der Waals surface area (Å²) in [5.41, 5.74) is -1.15. The van der Waals surface area contributed by atoms with Crippen molar-refractivity contribution in [1.29, 1.82) is 0 Å². The van der Waals surface area contributed by atoms with E-state index >= 15 is 0 Å². The first-order chi connectivity index (χ1) is 18.4. The summed E-state index contributed by atoms with van der Waals surface area (Å²) in [5, 5.41) is 25.0. The number of carbonyl (C=O) groups excluding carboxylic acids is 2. The summed E-state index contributed by atoms with van der Waals surface area (Å²) in [5.74, 6) is -2.16. The van der Waals surface area contributed by atoms with Crippen LogP contribution in [0.4, 0.5) is 4.39 Å². The van der Waals surface area contributed by atoms with Gasteiger partial charge in [0.1, 0.15) is 5.75 Å². The molecule has 0 spiro atoms. The highest BCUT2D eigenvalue weighted by molar-refractivity contribution is 5.98. The van der Waals surface area contributed by atoms with Crippen molar-refractivity contribution in [2.45, 2.75) is 77.9 Å². The number of methoxy groups -OCH3 is 1. The Kier molecular flexibility index (Phi) is 8.44. The van der Waals surface area contributed by atoms with E-state index in [1.807, 2.05) is 13.8 Å². The number of ether oxygens (including phenoxy) is 2. The number of carbonyl (C=O) groups is 3. The van der Waals surface area contributed by atoms with Gasteiger partial charge in [0, 0.05) is 30.7 Å². The zero-order valence-corrected chi connectivity index (χ0v) is 23.2. The lowest BCUT2D eigenvalue weighted by molar-refractivity contribution is -0.150. The number of benzene rings is 1. The Morgan fingerprint density at radius 1 is 1.10 bits per heavy atom. The average Bonchev–Trinajstić information content (AvgIpc) is 3.51. The number of aliphatic carboxylic acids is 1. The third kappa shape index (κ3) is 6.15. The summed E-state index contributed by atoms with van der Waals surface area (Å²) in [7, 11) is 1.36. The van der Waals surface area contributed by atoms with Crippen molar-refractivity contribution in [2.75, 3.05) is 20.3 Å². The summed E-state index contributed by atoms with van der Waals surface area (Å²) >= 11 is 0. The molecule has 3 fully saturated rings. The number of hydrogen-bond donors (Lipinski definition) is 4. The zero-order chi connectivity index (χ0) is 28.5. The number of carboxylic acids is 1. The Morgan fingerprint density at radius 2 is 1.77 bits per heavy atom. The maximum Gasteiger partial charge on any atom is 0.309 e. The number of fused-ring (bicyclic) bond motifs is 2. The van der Waals surface area contributed by atoms with Crippen molar-refractivity contribution >= 4 is 17.8 Å². The molecule has 0 saturated heterocycles. The van der Waals surface area contributed by atoms with E-state index in [1.54, 1.807) is 6.92 Å². The van der Waals surface area contributed by atoms with E-state index in [2.05, 4.69) is 10.6 Å². The molecule has 9 nitrogen and oxygen atoms in total. The van der Waals surface area contributed by atoms with E-state index in [-0.39, 0.29) is 59.5 Å². The van der Waals surface area contributed by atoms with Crippen LogP contribution in [0.3, 0.4) is 0 Å². The molecule has 2 bridgehead atoms. The van der Waals surface area contributed by atoms with Crippen molar-refractivity contribution in [3.05, 3.63) is 23.5 Å². The Labute approximate surface area is 228 Å². The van der Waals surface area contributed by atoms with Gasteiger partial charge in [0.25, 0.3) is 5.91 Å². The van der Waals surface area contributed by atoms with Crippen molar-refractivity contribution in [3.63, 3.8) is 0 Å². The molecular formula is C29H41FN2O7. The van der Waals surface area contributed by atoms with Gasteiger partial charge in [-0.05, 0) is 69.8 Å². The van der Waals surface area contributed by atoms with Crippen molar-refractivity contribution in [2.24, 2.45) is 28.6 Å². The molecule has 4 atom stereocenters. The van der Waals surface area contributed by atoms with Gasteiger partial charge < -0.3 is 30.3 Å². The maximum absolute atomic E-state index is 14.9. The zero-order valence-electron chi connectivity index (χ0n) is 23.2. The third-order valence-corrected chi connectivity index (χ3v) is 9.03. The first kappa shape index (κ1) is 29.1. The van der Waals surface area contributed by atoms with Crippen molar-refractivity contribution in [1.82, 2.24) is 10.6 Å². The van der Waals surface area contributed by atoms with E-state index in [1.165, 1.54) is 13.2 Å². The predicted molar refractivity (Wildman–Crippen MR) is 141 cm³/mol. The van der Waals surface area contributed by atoms with Crippen LogP contribution in [0, 0.1) is 34.4 Å². The molecule has 1 aromatic carbocycles. The Bertz CT molecular complexity index is 1100. The normalized spacial score (nSPS) is 30.1. The molecule has 3 aliphatic rings. The van der Waals surface area contributed by atoms with Gasteiger partial charge in [-0.15, -0.1) is 0 Å². The maximum atomic E-state index is 14.9. The second-order valence-corrected chi connectivity index (χ2v) is 12.6. The molecule has 1 aromatic rings. The summed E-state index contributed by atoms with van der Waals surface area (Å²) < 4.78 is 26.1. The number of hydrogen-bond acceptors (Lipinski definition) is 6. The van der Waals surface area contributed by atoms with Gasteiger partial charge in [-0.25, -0.2) is 4.39 Å².